The lowest BCUT2D eigenvalue weighted by atomic mass is 9.69. The van der Waals surface area contributed by atoms with Gasteiger partial charge in [0.15, 0.2) is 0 Å². The van der Waals surface area contributed by atoms with Gasteiger partial charge >= 0.3 is 0 Å². The summed E-state index contributed by atoms with van der Waals surface area (Å²) in [4.78, 5) is 32.3. The first-order valence-electron chi connectivity index (χ1n) is 12.0. The minimum absolute atomic E-state index is 0.152. The van der Waals surface area contributed by atoms with Crippen LogP contribution in [0.4, 0.5) is 5.69 Å². The minimum Gasteiger partial charge on any atom is -0.389 e. The number of aliphatic hydroxyl groups is 2. The average Bonchev–Trinajstić information content (AvgIpc) is 2.79. The molecule has 8 nitrogen and oxygen atoms in total. The van der Waals surface area contributed by atoms with Crippen molar-refractivity contribution in [2.24, 2.45) is 0 Å². The van der Waals surface area contributed by atoms with E-state index in [1.165, 1.54) is 19.3 Å². The second-order valence-corrected chi connectivity index (χ2v) is 10.4. The molecule has 4 N–H and O–H groups in total. The third kappa shape index (κ3) is 4.80. The number of rotatable bonds is 8. The number of pyridine rings is 1. The van der Waals surface area contributed by atoms with E-state index in [1.54, 1.807) is 0 Å². The van der Waals surface area contributed by atoms with Gasteiger partial charge in [-0.1, -0.05) is 49.7 Å². The molecule has 188 valence electrons. The van der Waals surface area contributed by atoms with Crippen LogP contribution in [-0.4, -0.2) is 70.3 Å². The van der Waals surface area contributed by atoms with E-state index in [0.717, 1.165) is 17.5 Å². The molecule has 1 aromatic heterocycles. The molecule has 4 rings (SSSR count). The summed E-state index contributed by atoms with van der Waals surface area (Å²) >= 11 is 6.00. The van der Waals surface area contributed by atoms with Gasteiger partial charge in [0.1, 0.15) is 5.15 Å². The first-order chi connectivity index (χ1) is 16.6. The Morgan fingerprint density at radius 3 is 2.51 bits per heavy atom. The van der Waals surface area contributed by atoms with Crippen LogP contribution in [0.25, 0.3) is 0 Å². The topological polar surface area (TPSA) is 115 Å². The summed E-state index contributed by atoms with van der Waals surface area (Å²) < 4.78 is 0. The average molecular weight is 501 g/mol. The molecule has 0 spiro atoms. The monoisotopic (exact) mass is 500 g/mol. The standard InChI is InChI=1S/C26H33ClN4O4/c1-16(2)17-7-4-5-8-19(17)25(14-31(15-25)13-21(32)26(35)9-6-10-26)24(34)30-20-12-29-22(27)11-18(20)23(33)28-3/h4-5,7-8,11-12,16,21,32,35H,6,9-10,13-15H2,1-3H3,(H,28,33)(H,30,34). The summed E-state index contributed by atoms with van der Waals surface area (Å²) in [6, 6.07) is 9.31. The van der Waals surface area contributed by atoms with Crippen molar-refractivity contribution >= 4 is 29.1 Å². The molecule has 2 aromatic rings. The van der Waals surface area contributed by atoms with E-state index in [2.05, 4.69) is 29.5 Å². The lowest BCUT2D eigenvalue weighted by Crippen LogP contribution is -2.67. The Hall–Kier alpha value is -2.52. The molecule has 1 aromatic carbocycles. The normalized spacial score (nSPS) is 19.4. The quantitative estimate of drug-likeness (QED) is 0.414. The Kier molecular flexibility index (Phi) is 7.20. The highest BCUT2D eigenvalue weighted by atomic mass is 35.5. The van der Waals surface area contributed by atoms with E-state index in [-0.39, 0.29) is 34.1 Å². The van der Waals surface area contributed by atoms with Crippen molar-refractivity contribution < 1.29 is 19.8 Å². The maximum atomic E-state index is 13.9. The number of β-amino-alcohol motifs (C(OH)–C–C–N with tert-alkyl or cyclic N) is 1. The van der Waals surface area contributed by atoms with Crippen LogP contribution in [0.5, 0.6) is 0 Å². The highest BCUT2D eigenvalue weighted by Gasteiger charge is 2.53. The molecule has 1 unspecified atom stereocenters. The molecule has 0 radical (unpaired) electrons. The van der Waals surface area contributed by atoms with Gasteiger partial charge in [-0.15, -0.1) is 0 Å². The molecule has 0 bridgehead atoms. The summed E-state index contributed by atoms with van der Waals surface area (Å²) in [5.41, 5.74) is 0.579. The Labute approximate surface area is 210 Å². The van der Waals surface area contributed by atoms with Gasteiger partial charge in [0.25, 0.3) is 5.91 Å². The summed E-state index contributed by atoms with van der Waals surface area (Å²) in [5.74, 6) is -0.439. The predicted octanol–water partition coefficient (Wildman–Crippen LogP) is 2.69. The summed E-state index contributed by atoms with van der Waals surface area (Å²) in [6.07, 6.45) is 2.62. The Morgan fingerprint density at radius 1 is 1.23 bits per heavy atom. The van der Waals surface area contributed by atoms with E-state index >= 15 is 0 Å². The fourth-order valence-corrected chi connectivity index (χ4v) is 5.26. The molecule has 1 aliphatic carbocycles. The van der Waals surface area contributed by atoms with E-state index in [4.69, 9.17) is 11.6 Å². The zero-order chi connectivity index (χ0) is 25.4. The Balaban J connectivity index is 1.64. The fraction of sp³-hybridized carbons (Fsp3) is 0.500. The lowest BCUT2D eigenvalue weighted by molar-refractivity contribution is -0.146. The van der Waals surface area contributed by atoms with Crippen LogP contribution < -0.4 is 10.6 Å². The predicted molar refractivity (Wildman–Crippen MR) is 135 cm³/mol. The van der Waals surface area contributed by atoms with Crippen molar-refractivity contribution in [3.63, 3.8) is 0 Å². The van der Waals surface area contributed by atoms with Crippen LogP contribution >= 0.6 is 11.6 Å². The molecular formula is C26H33ClN4O4. The van der Waals surface area contributed by atoms with Crippen molar-refractivity contribution in [3.8, 4) is 0 Å². The van der Waals surface area contributed by atoms with Crippen molar-refractivity contribution in [1.82, 2.24) is 15.2 Å². The third-order valence-electron chi connectivity index (χ3n) is 7.38. The van der Waals surface area contributed by atoms with Crippen molar-refractivity contribution in [3.05, 3.63) is 58.4 Å². The largest absolute Gasteiger partial charge is 0.389 e. The number of carbonyl (C=O) groups excluding carboxylic acids is 2. The Bertz CT molecular complexity index is 1110. The first kappa shape index (κ1) is 25.6. The molecule has 9 heteroatoms. The number of amides is 2. The van der Waals surface area contributed by atoms with Crippen LogP contribution in [0.1, 0.15) is 60.5 Å². The highest BCUT2D eigenvalue weighted by molar-refractivity contribution is 6.30. The van der Waals surface area contributed by atoms with Crippen LogP contribution in [0, 0.1) is 0 Å². The molecule has 1 saturated heterocycles. The second kappa shape index (κ2) is 9.85. The number of hydrogen-bond donors (Lipinski definition) is 4. The van der Waals surface area contributed by atoms with Crippen molar-refractivity contribution in [1.29, 1.82) is 0 Å². The van der Waals surface area contributed by atoms with Gasteiger partial charge in [-0.25, -0.2) is 4.98 Å². The number of benzene rings is 1. The molecule has 2 heterocycles. The van der Waals surface area contributed by atoms with Gasteiger partial charge in [-0.2, -0.15) is 0 Å². The number of carbonyl (C=O) groups is 2. The molecule has 35 heavy (non-hydrogen) atoms. The molecule has 2 aliphatic rings. The lowest BCUT2D eigenvalue weighted by Gasteiger charge is -2.52. The van der Waals surface area contributed by atoms with Gasteiger partial charge in [0.2, 0.25) is 5.91 Å². The number of halogens is 1. The highest BCUT2D eigenvalue weighted by Crippen LogP contribution is 2.42. The van der Waals surface area contributed by atoms with Crippen LogP contribution in [0.15, 0.2) is 36.5 Å². The van der Waals surface area contributed by atoms with E-state index in [1.807, 2.05) is 29.2 Å². The molecule has 2 fully saturated rings. The number of hydrogen-bond acceptors (Lipinski definition) is 6. The first-order valence-corrected chi connectivity index (χ1v) is 12.4. The van der Waals surface area contributed by atoms with E-state index in [9.17, 15) is 19.8 Å². The van der Waals surface area contributed by atoms with E-state index < -0.39 is 17.1 Å². The van der Waals surface area contributed by atoms with Crippen LogP contribution in [0.3, 0.4) is 0 Å². The summed E-state index contributed by atoms with van der Waals surface area (Å²) in [6.45, 7) is 5.23. The van der Waals surface area contributed by atoms with Gasteiger partial charge in [-0.3, -0.25) is 14.5 Å². The summed E-state index contributed by atoms with van der Waals surface area (Å²) in [5, 5.41) is 26.8. The molecular weight excluding hydrogens is 468 g/mol. The SMILES string of the molecule is CNC(=O)c1cc(Cl)ncc1NC(=O)C1(c2ccccc2C(C)C)CN(CC(O)C2(O)CCC2)C1. The molecule has 1 saturated carbocycles. The number of nitrogens with one attached hydrogen (secondary N) is 2. The van der Waals surface area contributed by atoms with Gasteiger partial charge < -0.3 is 20.8 Å². The molecule has 1 aliphatic heterocycles. The maximum absolute atomic E-state index is 13.9. The smallest absolute Gasteiger partial charge is 0.253 e. The van der Waals surface area contributed by atoms with E-state index in [0.29, 0.717) is 32.5 Å². The van der Waals surface area contributed by atoms with Gasteiger partial charge in [0, 0.05) is 26.7 Å². The summed E-state index contributed by atoms with van der Waals surface area (Å²) in [7, 11) is 1.51. The number of nitrogens with zero attached hydrogens (tertiary/aromatic N) is 2. The number of aliphatic hydroxyl groups excluding tert-OH is 1. The van der Waals surface area contributed by atoms with Crippen molar-refractivity contribution in [2.75, 3.05) is 32.0 Å². The minimum atomic E-state index is -1.03. The molecule has 1 atom stereocenters. The van der Waals surface area contributed by atoms with Crippen LogP contribution in [0.2, 0.25) is 5.15 Å². The zero-order valence-electron chi connectivity index (χ0n) is 20.3. The van der Waals surface area contributed by atoms with Crippen LogP contribution in [-0.2, 0) is 10.2 Å². The second-order valence-electron chi connectivity index (χ2n) is 10.1. The number of anilines is 1. The Morgan fingerprint density at radius 2 is 1.91 bits per heavy atom. The van der Waals surface area contributed by atoms with Crippen molar-refractivity contribution in [2.45, 2.75) is 56.1 Å². The number of likely N-dealkylation sites (tertiary alicyclic amines) is 1. The van der Waals surface area contributed by atoms with Gasteiger partial charge in [0.05, 0.1) is 34.6 Å². The maximum Gasteiger partial charge on any atom is 0.253 e. The molecule has 2 amide bonds. The zero-order valence-corrected chi connectivity index (χ0v) is 21.1. The number of aromatic nitrogens is 1. The van der Waals surface area contributed by atoms with Gasteiger partial charge in [-0.05, 0) is 42.4 Å². The third-order valence-corrected chi connectivity index (χ3v) is 7.59. The fourth-order valence-electron chi connectivity index (χ4n) is 5.10.